The van der Waals surface area contributed by atoms with E-state index in [1.165, 1.54) is 0 Å². The van der Waals surface area contributed by atoms with E-state index in [-0.39, 0.29) is 11.9 Å². The minimum atomic E-state index is -0.427. The molecule has 3 N–H and O–H groups in total. The van der Waals surface area contributed by atoms with E-state index < -0.39 is 5.54 Å². The lowest BCUT2D eigenvalue weighted by molar-refractivity contribution is 0.0708. The summed E-state index contributed by atoms with van der Waals surface area (Å²) in [6.07, 6.45) is 6.22. The highest BCUT2D eigenvalue weighted by Crippen LogP contribution is 2.36. The van der Waals surface area contributed by atoms with E-state index >= 15 is 0 Å². The van der Waals surface area contributed by atoms with E-state index in [4.69, 9.17) is 9.84 Å². The average molecular weight is 538 g/mol. The number of pyridine rings is 1. The van der Waals surface area contributed by atoms with Gasteiger partial charge in [-0.25, -0.2) is 0 Å². The Hall–Kier alpha value is -4.08. The van der Waals surface area contributed by atoms with Gasteiger partial charge in [0, 0.05) is 35.8 Å². The maximum atomic E-state index is 13.4. The molecule has 2 aromatic carbocycles. The van der Waals surface area contributed by atoms with Crippen LogP contribution in [0.4, 0.5) is 5.69 Å². The summed E-state index contributed by atoms with van der Waals surface area (Å²) in [6.45, 7) is 5.73. The zero-order chi connectivity index (χ0) is 27.4. The van der Waals surface area contributed by atoms with Gasteiger partial charge < -0.3 is 25.3 Å². The number of hydrogen-bond donors (Lipinski definition) is 3. The zero-order valence-corrected chi connectivity index (χ0v) is 22.8. The van der Waals surface area contributed by atoms with Crippen molar-refractivity contribution in [2.75, 3.05) is 25.0 Å². The van der Waals surface area contributed by atoms with E-state index in [0.717, 1.165) is 72.9 Å². The number of piperidine rings is 1. The van der Waals surface area contributed by atoms with Crippen molar-refractivity contribution in [1.82, 2.24) is 30.4 Å². The summed E-state index contributed by atoms with van der Waals surface area (Å²) in [6, 6.07) is 19.6. The number of carbonyl (C=O) groups excluding carboxylic acids is 1. The highest BCUT2D eigenvalue weighted by molar-refractivity contribution is 5.95. The van der Waals surface area contributed by atoms with Crippen molar-refractivity contribution in [2.24, 2.45) is 0 Å². The number of amides is 1. The van der Waals surface area contributed by atoms with Gasteiger partial charge in [-0.15, -0.1) is 10.2 Å². The van der Waals surface area contributed by atoms with Crippen LogP contribution >= 0.6 is 0 Å². The average Bonchev–Trinajstić information content (AvgIpc) is 3.43. The largest absolute Gasteiger partial charge is 0.374 e. The SMILES string of the molecule is CCCn1c(-c2ccncc2)nnc1C1(Nc2cccc(C(=O)N[C@H]3COCc4ccccc43)c2)CCNCC1. The molecule has 2 aliphatic rings. The van der Waals surface area contributed by atoms with Crippen LogP contribution in [0.5, 0.6) is 0 Å². The molecule has 9 nitrogen and oxygen atoms in total. The number of nitrogens with zero attached hydrogens (tertiary/aromatic N) is 4. The standard InChI is InChI=1S/C31H35N7O2/c1-2-18-38-28(22-10-14-32-15-11-22)36-37-30(38)31(12-16-33-17-13-31)35-25-8-5-7-23(19-25)29(39)34-27-21-40-20-24-6-3-4-9-26(24)27/h3-11,14-15,19,27,33,35H,2,12-13,16-18,20-21H2,1H3,(H,34,39)/t27-/m0/s1. The smallest absolute Gasteiger partial charge is 0.251 e. The number of ether oxygens (including phenoxy) is 1. The maximum Gasteiger partial charge on any atom is 0.251 e. The third-order valence-corrected chi connectivity index (χ3v) is 7.81. The van der Waals surface area contributed by atoms with E-state index in [1.54, 1.807) is 12.4 Å². The summed E-state index contributed by atoms with van der Waals surface area (Å²) in [5, 5.41) is 19.9. The second-order valence-corrected chi connectivity index (χ2v) is 10.5. The van der Waals surface area contributed by atoms with Gasteiger partial charge in [0.1, 0.15) is 5.54 Å². The Morgan fingerprint density at radius 3 is 2.73 bits per heavy atom. The first-order valence-electron chi connectivity index (χ1n) is 14.1. The molecule has 1 amide bonds. The molecule has 0 saturated carbocycles. The number of aromatic nitrogens is 4. The fraction of sp³-hybridized carbons (Fsp3) is 0.355. The Bertz CT molecular complexity index is 1460. The van der Waals surface area contributed by atoms with E-state index in [1.807, 2.05) is 54.6 Å². The molecule has 1 fully saturated rings. The monoisotopic (exact) mass is 537 g/mol. The summed E-state index contributed by atoms with van der Waals surface area (Å²) >= 11 is 0. The molecular formula is C31H35N7O2. The van der Waals surface area contributed by atoms with Crippen LogP contribution < -0.4 is 16.0 Å². The van der Waals surface area contributed by atoms with Crippen LogP contribution in [0.15, 0.2) is 73.1 Å². The van der Waals surface area contributed by atoms with Crippen molar-refractivity contribution < 1.29 is 9.53 Å². The Morgan fingerprint density at radius 1 is 1.07 bits per heavy atom. The van der Waals surface area contributed by atoms with Gasteiger partial charge in [0.2, 0.25) is 0 Å². The lowest BCUT2D eigenvalue weighted by atomic mass is 9.86. The van der Waals surface area contributed by atoms with Gasteiger partial charge in [-0.2, -0.15) is 0 Å². The molecule has 0 spiro atoms. The highest BCUT2D eigenvalue weighted by atomic mass is 16.5. The number of carbonyl (C=O) groups is 1. The van der Waals surface area contributed by atoms with Crippen molar-refractivity contribution in [2.45, 2.75) is 50.9 Å². The maximum absolute atomic E-state index is 13.4. The van der Waals surface area contributed by atoms with E-state index in [9.17, 15) is 4.79 Å². The predicted molar refractivity (Wildman–Crippen MR) is 154 cm³/mol. The fourth-order valence-electron chi connectivity index (χ4n) is 5.82. The number of nitrogens with one attached hydrogen (secondary N) is 3. The second-order valence-electron chi connectivity index (χ2n) is 10.5. The molecule has 4 aromatic rings. The van der Waals surface area contributed by atoms with Crippen LogP contribution in [0, 0.1) is 0 Å². The molecular weight excluding hydrogens is 502 g/mol. The molecule has 0 aliphatic carbocycles. The Morgan fingerprint density at radius 2 is 1.90 bits per heavy atom. The Kier molecular flexibility index (Phi) is 7.57. The minimum absolute atomic E-state index is 0.123. The molecule has 206 valence electrons. The molecule has 6 rings (SSSR count). The van der Waals surface area contributed by atoms with Crippen LogP contribution in [0.1, 0.15) is 59.5 Å². The van der Waals surface area contributed by atoms with Gasteiger partial charge in [-0.05, 0) is 73.8 Å². The Balaban J connectivity index is 1.29. The first-order valence-corrected chi connectivity index (χ1v) is 14.1. The van der Waals surface area contributed by atoms with Gasteiger partial charge in [-0.1, -0.05) is 37.3 Å². The summed E-state index contributed by atoms with van der Waals surface area (Å²) in [5.41, 5.74) is 4.29. The van der Waals surface area contributed by atoms with E-state index in [0.29, 0.717) is 18.8 Å². The lowest BCUT2D eigenvalue weighted by Crippen LogP contribution is -2.47. The third kappa shape index (κ3) is 5.22. The second kappa shape index (κ2) is 11.6. The molecule has 9 heteroatoms. The highest BCUT2D eigenvalue weighted by Gasteiger charge is 2.39. The van der Waals surface area contributed by atoms with Gasteiger partial charge in [0.15, 0.2) is 11.6 Å². The van der Waals surface area contributed by atoms with Crippen LogP contribution in [-0.4, -0.2) is 45.4 Å². The molecule has 0 bridgehead atoms. The number of rotatable bonds is 8. The van der Waals surface area contributed by atoms with Crippen LogP contribution in [0.2, 0.25) is 0 Å². The fourth-order valence-corrected chi connectivity index (χ4v) is 5.82. The van der Waals surface area contributed by atoms with Crippen LogP contribution in [-0.2, 0) is 23.4 Å². The first kappa shape index (κ1) is 26.2. The van der Waals surface area contributed by atoms with Crippen molar-refractivity contribution in [3.8, 4) is 11.4 Å². The summed E-state index contributed by atoms with van der Waals surface area (Å²) in [4.78, 5) is 17.5. The first-order chi connectivity index (χ1) is 19.7. The van der Waals surface area contributed by atoms with Crippen LogP contribution in [0.25, 0.3) is 11.4 Å². The van der Waals surface area contributed by atoms with Gasteiger partial charge in [0.05, 0.1) is 19.3 Å². The summed E-state index contributed by atoms with van der Waals surface area (Å²) in [5.74, 6) is 1.65. The molecule has 2 aromatic heterocycles. The number of hydrogen-bond acceptors (Lipinski definition) is 7. The molecule has 4 heterocycles. The predicted octanol–water partition coefficient (Wildman–Crippen LogP) is 4.44. The zero-order valence-electron chi connectivity index (χ0n) is 22.8. The van der Waals surface area contributed by atoms with Gasteiger partial charge in [0.25, 0.3) is 5.91 Å². The molecule has 40 heavy (non-hydrogen) atoms. The normalized spacial score (nSPS) is 18.1. The Labute approximate surface area is 234 Å². The molecule has 2 aliphatic heterocycles. The summed E-state index contributed by atoms with van der Waals surface area (Å²) in [7, 11) is 0. The molecule has 0 unspecified atom stereocenters. The number of anilines is 1. The quantitative estimate of drug-likeness (QED) is 0.305. The molecule has 1 atom stereocenters. The van der Waals surface area contributed by atoms with Crippen molar-refractivity contribution in [3.63, 3.8) is 0 Å². The molecule has 0 radical (unpaired) electrons. The number of fused-ring (bicyclic) bond motifs is 1. The van der Waals surface area contributed by atoms with Gasteiger partial charge >= 0.3 is 0 Å². The number of benzene rings is 2. The topological polar surface area (TPSA) is 106 Å². The van der Waals surface area contributed by atoms with Crippen molar-refractivity contribution >= 4 is 11.6 Å². The minimum Gasteiger partial charge on any atom is -0.374 e. The van der Waals surface area contributed by atoms with Crippen LogP contribution in [0.3, 0.4) is 0 Å². The lowest BCUT2D eigenvalue weighted by Gasteiger charge is -2.38. The van der Waals surface area contributed by atoms with Crippen molar-refractivity contribution in [3.05, 3.63) is 95.6 Å². The van der Waals surface area contributed by atoms with Gasteiger partial charge in [-0.3, -0.25) is 9.78 Å². The molecule has 1 saturated heterocycles. The van der Waals surface area contributed by atoms with E-state index in [2.05, 4.69) is 43.6 Å². The van der Waals surface area contributed by atoms with Crippen molar-refractivity contribution in [1.29, 1.82) is 0 Å². The summed E-state index contributed by atoms with van der Waals surface area (Å²) < 4.78 is 7.99. The third-order valence-electron chi connectivity index (χ3n) is 7.81.